The van der Waals surface area contributed by atoms with Crippen molar-refractivity contribution < 1.29 is 17.6 Å². The molecule has 0 atom stereocenters. The number of alkyl halides is 3. The average Bonchev–Trinajstić information content (AvgIpc) is 2.98. The van der Waals surface area contributed by atoms with Gasteiger partial charge in [0, 0.05) is 5.56 Å². The van der Waals surface area contributed by atoms with Crippen LogP contribution in [0.3, 0.4) is 0 Å². The second-order valence-electron chi connectivity index (χ2n) is 5.03. The third-order valence-electron chi connectivity index (χ3n) is 3.36. The Morgan fingerprint density at radius 1 is 0.957 bits per heavy atom. The van der Waals surface area contributed by atoms with Gasteiger partial charge in [-0.2, -0.15) is 18.3 Å². The van der Waals surface area contributed by atoms with E-state index in [4.69, 9.17) is 0 Å². The molecule has 0 bridgehead atoms. The number of hydrogen-bond donors (Lipinski definition) is 1. The highest BCUT2D eigenvalue weighted by Crippen LogP contribution is 2.31. The van der Waals surface area contributed by atoms with Crippen LogP contribution < -0.4 is 0 Å². The molecule has 0 spiro atoms. The van der Waals surface area contributed by atoms with Gasteiger partial charge in [0.05, 0.1) is 11.4 Å². The molecule has 0 radical (unpaired) electrons. The molecule has 2 aromatic heterocycles. The molecule has 0 unspecified atom stereocenters. The lowest BCUT2D eigenvalue weighted by atomic mass is 10.1. The van der Waals surface area contributed by atoms with E-state index in [0.29, 0.717) is 22.5 Å². The molecule has 2 heterocycles. The first kappa shape index (κ1) is 15.2. The van der Waals surface area contributed by atoms with Crippen LogP contribution in [0.15, 0.2) is 42.5 Å². The van der Waals surface area contributed by atoms with Crippen molar-refractivity contribution in [1.82, 2.24) is 15.2 Å². The quantitative estimate of drug-likeness (QED) is 0.701. The summed E-state index contributed by atoms with van der Waals surface area (Å²) in [5.74, 6) is -0.372. The van der Waals surface area contributed by atoms with Crippen LogP contribution in [0.4, 0.5) is 17.6 Å². The van der Waals surface area contributed by atoms with E-state index in [1.54, 1.807) is 31.2 Å². The van der Waals surface area contributed by atoms with Crippen molar-refractivity contribution in [3.63, 3.8) is 0 Å². The van der Waals surface area contributed by atoms with Crippen LogP contribution in [0.5, 0.6) is 0 Å². The van der Waals surface area contributed by atoms with E-state index < -0.39 is 11.9 Å². The number of halogens is 4. The van der Waals surface area contributed by atoms with E-state index in [-0.39, 0.29) is 11.5 Å². The minimum atomic E-state index is -4.49. The smallest absolute Gasteiger partial charge is 0.273 e. The van der Waals surface area contributed by atoms with Crippen LogP contribution in [0.2, 0.25) is 0 Å². The number of nitrogens with one attached hydrogen (secondary N) is 1. The summed E-state index contributed by atoms with van der Waals surface area (Å²) in [5, 5.41) is 5.67. The Hall–Kier alpha value is -2.70. The summed E-state index contributed by atoms with van der Waals surface area (Å²) in [6.45, 7) is 1.73. The molecule has 0 aliphatic rings. The molecule has 1 N–H and O–H groups in total. The molecular weight excluding hydrogens is 310 g/mol. The monoisotopic (exact) mass is 321 g/mol. The van der Waals surface area contributed by atoms with Gasteiger partial charge in [0.15, 0.2) is 0 Å². The highest BCUT2D eigenvalue weighted by Gasteiger charge is 2.33. The van der Waals surface area contributed by atoms with E-state index in [1.807, 2.05) is 5.10 Å². The maximum atomic E-state index is 13.0. The zero-order chi connectivity index (χ0) is 16.6. The van der Waals surface area contributed by atoms with Gasteiger partial charge in [-0.05, 0) is 48.9 Å². The molecule has 0 fully saturated rings. The molecule has 3 aromatic rings. The fourth-order valence-electron chi connectivity index (χ4n) is 2.16. The third kappa shape index (κ3) is 3.08. The van der Waals surface area contributed by atoms with E-state index in [1.165, 1.54) is 12.1 Å². The number of hydrogen-bond acceptors (Lipinski definition) is 2. The second kappa shape index (κ2) is 5.49. The van der Waals surface area contributed by atoms with Gasteiger partial charge in [0.25, 0.3) is 0 Å². The number of H-pyrrole nitrogens is 1. The van der Waals surface area contributed by atoms with Crippen molar-refractivity contribution in [2.24, 2.45) is 0 Å². The Morgan fingerprint density at radius 2 is 1.65 bits per heavy atom. The van der Waals surface area contributed by atoms with E-state index in [2.05, 4.69) is 10.1 Å². The Morgan fingerprint density at radius 3 is 2.26 bits per heavy atom. The number of aromatic nitrogens is 3. The Labute approximate surface area is 129 Å². The highest BCUT2D eigenvalue weighted by atomic mass is 19.4. The van der Waals surface area contributed by atoms with Crippen molar-refractivity contribution in [2.75, 3.05) is 0 Å². The summed E-state index contributed by atoms with van der Waals surface area (Å²) in [7, 11) is 0. The predicted molar refractivity (Wildman–Crippen MR) is 77.0 cm³/mol. The summed E-state index contributed by atoms with van der Waals surface area (Å²) in [4.78, 5) is 4.37. The van der Waals surface area contributed by atoms with E-state index in [9.17, 15) is 17.6 Å². The maximum Gasteiger partial charge on any atom is 0.432 e. The summed E-state index contributed by atoms with van der Waals surface area (Å²) >= 11 is 0. The summed E-state index contributed by atoms with van der Waals surface area (Å²) < 4.78 is 51.0. The van der Waals surface area contributed by atoms with Crippen molar-refractivity contribution in [2.45, 2.75) is 13.1 Å². The third-order valence-corrected chi connectivity index (χ3v) is 3.36. The normalized spacial score (nSPS) is 11.7. The number of benzene rings is 1. The van der Waals surface area contributed by atoms with Gasteiger partial charge < -0.3 is 0 Å². The fraction of sp³-hybridized carbons (Fsp3) is 0.125. The van der Waals surface area contributed by atoms with E-state index in [0.717, 1.165) is 6.07 Å². The Kier molecular flexibility index (Phi) is 3.63. The van der Waals surface area contributed by atoms with Crippen LogP contribution in [-0.2, 0) is 6.18 Å². The van der Waals surface area contributed by atoms with E-state index >= 15 is 0 Å². The van der Waals surface area contributed by atoms with Gasteiger partial charge in [-0.15, -0.1) is 0 Å². The molecule has 0 amide bonds. The summed E-state index contributed by atoms with van der Waals surface area (Å²) in [6, 6.07) is 10.1. The number of aromatic amines is 1. The predicted octanol–water partition coefficient (Wildman–Crippen LogP) is 4.61. The first-order chi connectivity index (χ1) is 10.8. The fourth-order valence-corrected chi connectivity index (χ4v) is 2.16. The van der Waals surface area contributed by atoms with Gasteiger partial charge >= 0.3 is 6.18 Å². The molecule has 0 saturated heterocycles. The lowest BCUT2D eigenvalue weighted by Gasteiger charge is -2.06. The first-order valence-corrected chi connectivity index (χ1v) is 6.71. The summed E-state index contributed by atoms with van der Waals surface area (Å²) in [5.41, 5.74) is 1.41. The largest absolute Gasteiger partial charge is 0.432 e. The van der Waals surface area contributed by atoms with Crippen molar-refractivity contribution in [3.8, 4) is 22.6 Å². The highest BCUT2D eigenvalue weighted by molar-refractivity contribution is 5.66. The van der Waals surface area contributed by atoms with Gasteiger partial charge in [0.2, 0.25) is 0 Å². The van der Waals surface area contributed by atoms with Gasteiger partial charge in [-0.25, -0.2) is 9.37 Å². The van der Waals surface area contributed by atoms with Gasteiger partial charge in [-0.1, -0.05) is 6.07 Å². The average molecular weight is 321 g/mol. The second-order valence-corrected chi connectivity index (χ2v) is 5.03. The van der Waals surface area contributed by atoms with Crippen LogP contribution in [0.25, 0.3) is 22.6 Å². The van der Waals surface area contributed by atoms with Gasteiger partial charge in [0.1, 0.15) is 17.2 Å². The molecule has 3 rings (SSSR count). The molecule has 23 heavy (non-hydrogen) atoms. The zero-order valence-electron chi connectivity index (χ0n) is 11.9. The Bertz CT molecular complexity index is 835. The van der Waals surface area contributed by atoms with Crippen LogP contribution in [0, 0.1) is 12.7 Å². The molecule has 0 saturated carbocycles. The van der Waals surface area contributed by atoms with Crippen molar-refractivity contribution in [1.29, 1.82) is 0 Å². The lowest BCUT2D eigenvalue weighted by Crippen LogP contribution is -2.04. The van der Waals surface area contributed by atoms with Crippen molar-refractivity contribution in [3.05, 3.63) is 59.5 Å². The van der Waals surface area contributed by atoms with Crippen LogP contribution in [0.1, 0.15) is 11.3 Å². The molecule has 0 aliphatic heterocycles. The number of pyridine rings is 1. The molecule has 7 heteroatoms. The first-order valence-electron chi connectivity index (χ1n) is 6.71. The number of aryl methyl sites for hydroxylation is 1. The molecule has 118 valence electrons. The van der Waals surface area contributed by atoms with Gasteiger partial charge in [-0.3, -0.25) is 5.10 Å². The Balaban J connectivity index is 2.04. The number of rotatable bonds is 2. The molecule has 3 nitrogen and oxygen atoms in total. The van der Waals surface area contributed by atoms with Crippen LogP contribution >= 0.6 is 0 Å². The molecular formula is C16H11F4N3. The SMILES string of the molecule is Cc1ccc(-c2ccc(F)cc2)nc1-c1cc(C(F)(F)F)[nH]n1. The zero-order valence-corrected chi connectivity index (χ0v) is 11.9. The number of nitrogens with zero attached hydrogens (tertiary/aromatic N) is 2. The minimum absolute atomic E-state index is 0.110. The summed E-state index contributed by atoms with van der Waals surface area (Å²) in [6.07, 6.45) is -4.49. The molecule has 0 aliphatic carbocycles. The minimum Gasteiger partial charge on any atom is -0.273 e. The van der Waals surface area contributed by atoms with Crippen molar-refractivity contribution >= 4 is 0 Å². The standard InChI is InChI=1S/C16H11F4N3/c1-9-2-7-12(10-3-5-11(17)6-4-10)21-15(9)13-8-14(23-22-13)16(18,19)20/h2-8H,1H3,(H,22,23). The van der Waals surface area contributed by atoms with Crippen LogP contribution in [-0.4, -0.2) is 15.2 Å². The molecule has 1 aromatic carbocycles. The topological polar surface area (TPSA) is 41.6 Å². The lowest BCUT2D eigenvalue weighted by molar-refractivity contribution is -0.141. The maximum absolute atomic E-state index is 13.0.